The van der Waals surface area contributed by atoms with Crippen LogP contribution in [0.1, 0.15) is 25.1 Å². The topological polar surface area (TPSA) is 12.9 Å². The van der Waals surface area contributed by atoms with Gasteiger partial charge in [0.15, 0.2) is 0 Å². The normalized spacial score (nSPS) is 11.7. The Balaban J connectivity index is 3.03. The highest BCUT2D eigenvalue weighted by Crippen LogP contribution is 2.24. The molecule has 0 bridgehead atoms. The van der Waals surface area contributed by atoms with E-state index in [1.54, 1.807) is 0 Å². The molecule has 2 heteroatoms. The minimum atomic E-state index is 0.202. The zero-order valence-corrected chi connectivity index (χ0v) is 9.35. The average molecular weight is 228 g/mol. The fraction of sp³-hybridized carbons (Fsp3) is 0.500. The maximum Gasteiger partial charge on any atom is 0.0375 e. The lowest BCUT2D eigenvalue weighted by atomic mass is 9.87. The molecule has 1 aromatic rings. The number of hydrogen-bond acceptors (Lipinski definition) is 1. The van der Waals surface area contributed by atoms with Gasteiger partial charge in [-0.1, -0.05) is 29.8 Å². The number of alkyl halides is 1. The Morgan fingerprint density at radius 1 is 1.50 bits per heavy atom. The fourth-order valence-corrected chi connectivity index (χ4v) is 1.37. The third kappa shape index (κ3) is 2.07. The summed E-state index contributed by atoms with van der Waals surface area (Å²) in [6, 6.07) is 4.22. The molecule has 12 heavy (non-hydrogen) atoms. The van der Waals surface area contributed by atoms with Crippen LogP contribution >= 0.6 is 15.9 Å². The van der Waals surface area contributed by atoms with Crippen LogP contribution in [0.15, 0.2) is 18.3 Å². The first-order valence-electron chi connectivity index (χ1n) is 4.05. The highest BCUT2D eigenvalue weighted by molar-refractivity contribution is 9.09. The van der Waals surface area contributed by atoms with Crippen LogP contribution in [0.25, 0.3) is 0 Å². The monoisotopic (exact) mass is 227 g/mol. The lowest BCUT2D eigenvalue weighted by Crippen LogP contribution is -2.18. The van der Waals surface area contributed by atoms with Crippen molar-refractivity contribution in [3.05, 3.63) is 29.6 Å². The second-order valence-electron chi connectivity index (χ2n) is 3.70. The predicted octanol–water partition coefficient (Wildman–Crippen LogP) is 3.06. The van der Waals surface area contributed by atoms with Crippen LogP contribution in [0, 0.1) is 6.92 Å². The van der Waals surface area contributed by atoms with Crippen molar-refractivity contribution >= 4 is 15.9 Å². The Hall–Kier alpha value is -0.370. The number of nitrogens with zero attached hydrogens (tertiary/aromatic N) is 1. The van der Waals surface area contributed by atoms with Crippen LogP contribution in [0.3, 0.4) is 0 Å². The Morgan fingerprint density at radius 3 is 2.67 bits per heavy atom. The van der Waals surface area contributed by atoms with Crippen LogP contribution in [0.2, 0.25) is 0 Å². The van der Waals surface area contributed by atoms with Gasteiger partial charge in [-0.15, -0.1) is 0 Å². The van der Waals surface area contributed by atoms with E-state index in [-0.39, 0.29) is 5.41 Å². The van der Waals surface area contributed by atoms with Gasteiger partial charge >= 0.3 is 0 Å². The molecule has 1 rings (SSSR count). The number of pyridine rings is 1. The molecule has 0 N–H and O–H groups in total. The molecule has 0 spiro atoms. The van der Waals surface area contributed by atoms with Crippen molar-refractivity contribution in [3.63, 3.8) is 0 Å². The smallest absolute Gasteiger partial charge is 0.0375 e. The summed E-state index contributed by atoms with van der Waals surface area (Å²) in [4.78, 5) is 4.17. The molecule has 0 saturated carbocycles. The molecule has 0 aliphatic carbocycles. The molecule has 1 heterocycles. The van der Waals surface area contributed by atoms with Gasteiger partial charge in [0.05, 0.1) is 0 Å². The van der Waals surface area contributed by atoms with Gasteiger partial charge in [-0.05, 0) is 30.0 Å². The van der Waals surface area contributed by atoms with E-state index in [2.05, 4.69) is 46.9 Å². The first kappa shape index (κ1) is 9.72. The third-order valence-electron chi connectivity index (χ3n) is 2.01. The summed E-state index contributed by atoms with van der Waals surface area (Å²) in [5, 5.41) is 0.976. The van der Waals surface area contributed by atoms with Crippen LogP contribution in [0.5, 0.6) is 0 Å². The molecule has 0 aliphatic heterocycles. The van der Waals surface area contributed by atoms with Gasteiger partial charge in [0.2, 0.25) is 0 Å². The number of hydrogen-bond donors (Lipinski definition) is 0. The van der Waals surface area contributed by atoms with Crippen LogP contribution in [-0.4, -0.2) is 10.3 Å². The Labute approximate surface area is 82.3 Å². The Kier molecular flexibility index (Phi) is 2.89. The maximum absolute atomic E-state index is 4.17. The van der Waals surface area contributed by atoms with Gasteiger partial charge in [-0.3, -0.25) is 4.98 Å². The molecule has 0 radical (unpaired) electrons. The van der Waals surface area contributed by atoms with Crippen molar-refractivity contribution in [1.82, 2.24) is 4.98 Å². The molecule has 0 amide bonds. The second-order valence-corrected chi connectivity index (χ2v) is 4.26. The number of aromatic nitrogens is 1. The van der Waals surface area contributed by atoms with E-state index in [1.165, 1.54) is 5.56 Å². The zero-order valence-electron chi connectivity index (χ0n) is 7.76. The summed E-state index contributed by atoms with van der Waals surface area (Å²) in [5.41, 5.74) is 2.63. The SMILES string of the molecule is Cc1cc(C(C)(C)CBr)ccn1. The minimum absolute atomic E-state index is 0.202. The van der Waals surface area contributed by atoms with Crippen molar-refractivity contribution in [2.45, 2.75) is 26.2 Å². The average Bonchev–Trinajstić information content (AvgIpc) is 2.05. The quantitative estimate of drug-likeness (QED) is 0.709. The molecule has 0 saturated heterocycles. The van der Waals surface area contributed by atoms with E-state index in [0.29, 0.717) is 0 Å². The number of halogens is 1. The first-order valence-corrected chi connectivity index (χ1v) is 5.17. The number of aryl methyl sites for hydroxylation is 1. The van der Waals surface area contributed by atoms with Gasteiger partial charge in [-0.25, -0.2) is 0 Å². The second kappa shape index (κ2) is 3.56. The summed E-state index contributed by atoms with van der Waals surface area (Å²) in [5.74, 6) is 0. The molecule has 1 nitrogen and oxygen atoms in total. The Bertz CT molecular complexity index is 268. The molecule has 1 aromatic heterocycles. The molecule has 0 unspecified atom stereocenters. The summed E-state index contributed by atoms with van der Waals surface area (Å²) in [7, 11) is 0. The molecular formula is C10H14BrN. The van der Waals surface area contributed by atoms with Crippen molar-refractivity contribution in [1.29, 1.82) is 0 Å². The van der Waals surface area contributed by atoms with Gasteiger partial charge in [-0.2, -0.15) is 0 Å². The van der Waals surface area contributed by atoms with Crippen LogP contribution in [0.4, 0.5) is 0 Å². The third-order valence-corrected chi connectivity index (χ3v) is 3.41. The Morgan fingerprint density at radius 2 is 2.17 bits per heavy atom. The highest BCUT2D eigenvalue weighted by atomic mass is 79.9. The lowest BCUT2D eigenvalue weighted by molar-refractivity contribution is 0.605. The van der Waals surface area contributed by atoms with E-state index in [4.69, 9.17) is 0 Å². The summed E-state index contributed by atoms with van der Waals surface area (Å²) in [6.07, 6.45) is 1.87. The lowest BCUT2D eigenvalue weighted by Gasteiger charge is -2.22. The maximum atomic E-state index is 4.17. The van der Waals surface area contributed by atoms with Gasteiger partial charge < -0.3 is 0 Å². The summed E-state index contributed by atoms with van der Waals surface area (Å²) >= 11 is 3.51. The van der Waals surface area contributed by atoms with Gasteiger partial charge in [0, 0.05) is 17.2 Å². The van der Waals surface area contributed by atoms with E-state index in [1.807, 2.05) is 13.1 Å². The van der Waals surface area contributed by atoms with E-state index in [0.717, 1.165) is 11.0 Å². The molecule has 0 aromatic carbocycles. The zero-order chi connectivity index (χ0) is 9.19. The van der Waals surface area contributed by atoms with Crippen molar-refractivity contribution in [3.8, 4) is 0 Å². The van der Waals surface area contributed by atoms with Crippen LogP contribution in [-0.2, 0) is 5.41 Å². The van der Waals surface area contributed by atoms with Crippen molar-refractivity contribution < 1.29 is 0 Å². The molecule has 66 valence electrons. The first-order chi connectivity index (χ1) is 5.56. The largest absolute Gasteiger partial charge is 0.262 e. The number of rotatable bonds is 2. The summed E-state index contributed by atoms with van der Waals surface area (Å²) < 4.78 is 0. The van der Waals surface area contributed by atoms with E-state index >= 15 is 0 Å². The minimum Gasteiger partial charge on any atom is -0.262 e. The predicted molar refractivity (Wildman–Crippen MR) is 55.8 cm³/mol. The van der Waals surface area contributed by atoms with E-state index in [9.17, 15) is 0 Å². The van der Waals surface area contributed by atoms with E-state index < -0.39 is 0 Å². The molecule has 0 atom stereocenters. The van der Waals surface area contributed by atoms with Crippen LogP contribution < -0.4 is 0 Å². The van der Waals surface area contributed by atoms with Crippen molar-refractivity contribution in [2.75, 3.05) is 5.33 Å². The van der Waals surface area contributed by atoms with Crippen molar-refractivity contribution in [2.24, 2.45) is 0 Å². The van der Waals surface area contributed by atoms with Gasteiger partial charge in [0.1, 0.15) is 0 Å². The molecule has 0 fully saturated rings. The standard InChI is InChI=1S/C10H14BrN/c1-8-6-9(4-5-12-8)10(2,3)7-11/h4-6H,7H2,1-3H3. The van der Waals surface area contributed by atoms with Gasteiger partial charge in [0.25, 0.3) is 0 Å². The molecular weight excluding hydrogens is 214 g/mol. The molecule has 0 aliphatic rings. The fourth-order valence-electron chi connectivity index (χ4n) is 1.04. The summed E-state index contributed by atoms with van der Waals surface area (Å²) in [6.45, 7) is 6.46. The highest BCUT2D eigenvalue weighted by Gasteiger charge is 2.18.